The highest BCUT2D eigenvalue weighted by Gasteiger charge is 2.28. The van der Waals surface area contributed by atoms with Crippen molar-refractivity contribution in [1.82, 2.24) is 14.5 Å². The van der Waals surface area contributed by atoms with Crippen LogP contribution in [-0.4, -0.2) is 62.3 Å². The Labute approximate surface area is 179 Å². The summed E-state index contributed by atoms with van der Waals surface area (Å²) >= 11 is 6.20. The molecular formula is C21H32ClN3O3S. The van der Waals surface area contributed by atoms with Crippen LogP contribution in [0, 0.1) is 0 Å². The zero-order valence-corrected chi connectivity index (χ0v) is 18.8. The molecule has 0 saturated carbocycles. The van der Waals surface area contributed by atoms with E-state index in [1.807, 2.05) is 0 Å². The van der Waals surface area contributed by atoms with E-state index >= 15 is 0 Å². The van der Waals surface area contributed by atoms with Crippen LogP contribution in [0.15, 0.2) is 23.1 Å². The zero-order chi connectivity index (χ0) is 20.9. The Kier molecular flexibility index (Phi) is 7.96. The third-order valence-corrected chi connectivity index (χ3v) is 8.24. The normalized spacial score (nSPS) is 21.4. The van der Waals surface area contributed by atoms with E-state index < -0.39 is 10.0 Å². The number of benzene rings is 1. The van der Waals surface area contributed by atoms with E-state index in [0.717, 1.165) is 32.4 Å². The molecule has 0 bridgehead atoms. The number of hydrogen-bond acceptors (Lipinski definition) is 4. The number of amides is 1. The van der Waals surface area contributed by atoms with Crippen LogP contribution in [-0.2, 0) is 10.0 Å². The van der Waals surface area contributed by atoms with Crippen molar-refractivity contribution in [2.75, 3.05) is 32.7 Å². The lowest BCUT2D eigenvalue weighted by atomic mass is 10.00. The minimum Gasteiger partial charge on any atom is -0.352 e. The summed E-state index contributed by atoms with van der Waals surface area (Å²) < 4.78 is 27.0. The summed E-state index contributed by atoms with van der Waals surface area (Å²) in [6, 6.07) is 5.04. The number of piperidine rings is 1. The molecule has 29 heavy (non-hydrogen) atoms. The average Bonchev–Trinajstić information content (AvgIpc) is 3.27. The number of nitrogens with one attached hydrogen (secondary N) is 1. The molecule has 0 radical (unpaired) electrons. The molecular weight excluding hydrogens is 410 g/mol. The number of sulfonamides is 1. The first-order valence-corrected chi connectivity index (χ1v) is 12.6. The van der Waals surface area contributed by atoms with Gasteiger partial charge in [0.05, 0.1) is 15.5 Å². The maximum absolute atomic E-state index is 12.8. The number of hydrogen-bond donors (Lipinski definition) is 1. The molecule has 0 aromatic heterocycles. The summed E-state index contributed by atoms with van der Waals surface area (Å²) in [6.45, 7) is 5.94. The van der Waals surface area contributed by atoms with Gasteiger partial charge in [-0.05, 0) is 63.3 Å². The number of carbonyl (C=O) groups is 1. The van der Waals surface area contributed by atoms with Crippen molar-refractivity contribution in [2.45, 2.75) is 62.8 Å². The molecule has 6 nitrogen and oxygen atoms in total. The van der Waals surface area contributed by atoms with Crippen LogP contribution in [0.1, 0.15) is 62.2 Å². The predicted molar refractivity (Wildman–Crippen MR) is 116 cm³/mol. The molecule has 0 spiro atoms. The smallest absolute Gasteiger partial charge is 0.252 e. The molecule has 2 fully saturated rings. The Morgan fingerprint density at radius 3 is 2.62 bits per heavy atom. The van der Waals surface area contributed by atoms with Crippen LogP contribution in [0.3, 0.4) is 0 Å². The SMILES string of the molecule is CC[C@H]1CCCCN1CCCNC(=O)c1cc(S(=O)(=O)N2CCCC2)ccc1Cl. The van der Waals surface area contributed by atoms with Gasteiger partial charge in [-0.2, -0.15) is 4.31 Å². The number of likely N-dealkylation sites (tertiary alicyclic amines) is 1. The molecule has 1 N–H and O–H groups in total. The lowest BCUT2D eigenvalue weighted by molar-refractivity contribution is 0.0947. The Morgan fingerprint density at radius 1 is 1.17 bits per heavy atom. The summed E-state index contributed by atoms with van der Waals surface area (Å²) in [5.41, 5.74) is 0.219. The second kappa shape index (κ2) is 10.2. The minimum absolute atomic E-state index is 0.132. The van der Waals surface area contributed by atoms with Gasteiger partial charge in [0.25, 0.3) is 5.91 Å². The fourth-order valence-corrected chi connectivity index (χ4v) is 6.06. The molecule has 1 aromatic rings. The monoisotopic (exact) mass is 441 g/mol. The summed E-state index contributed by atoms with van der Waals surface area (Å²) in [4.78, 5) is 15.3. The number of halogens is 1. The number of nitrogens with zero attached hydrogens (tertiary/aromatic N) is 2. The number of rotatable bonds is 8. The third-order valence-electron chi connectivity index (χ3n) is 6.01. The van der Waals surface area contributed by atoms with Gasteiger partial charge < -0.3 is 10.2 Å². The fraction of sp³-hybridized carbons (Fsp3) is 0.667. The molecule has 1 amide bonds. The van der Waals surface area contributed by atoms with Crippen molar-refractivity contribution in [2.24, 2.45) is 0 Å². The van der Waals surface area contributed by atoms with E-state index in [9.17, 15) is 13.2 Å². The quantitative estimate of drug-likeness (QED) is 0.627. The molecule has 2 heterocycles. The van der Waals surface area contributed by atoms with Gasteiger partial charge in [0, 0.05) is 32.2 Å². The van der Waals surface area contributed by atoms with Crippen molar-refractivity contribution in [3.05, 3.63) is 28.8 Å². The molecule has 0 unspecified atom stereocenters. The molecule has 3 rings (SSSR count). The van der Waals surface area contributed by atoms with E-state index in [4.69, 9.17) is 11.6 Å². The van der Waals surface area contributed by atoms with Crippen LogP contribution in [0.25, 0.3) is 0 Å². The third kappa shape index (κ3) is 5.51. The van der Waals surface area contributed by atoms with Gasteiger partial charge in [-0.3, -0.25) is 4.79 Å². The van der Waals surface area contributed by atoms with E-state index in [0.29, 0.717) is 25.7 Å². The van der Waals surface area contributed by atoms with Crippen molar-refractivity contribution < 1.29 is 13.2 Å². The second-order valence-electron chi connectivity index (χ2n) is 7.96. The molecule has 2 aliphatic rings. The predicted octanol–water partition coefficient (Wildman–Crippen LogP) is 3.51. The zero-order valence-electron chi connectivity index (χ0n) is 17.2. The highest BCUT2D eigenvalue weighted by molar-refractivity contribution is 7.89. The standard InChI is InChI=1S/C21H32ClN3O3S/c1-2-17-8-3-4-12-24(17)13-7-11-23-21(26)19-16-18(9-10-20(19)22)29(27,28)25-14-5-6-15-25/h9-10,16-17H,2-8,11-15H2,1H3,(H,23,26)/t17-/m0/s1. The van der Waals surface area contributed by atoms with Gasteiger partial charge in [0.15, 0.2) is 0 Å². The fourth-order valence-electron chi connectivity index (χ4n) is 4.31. The Balaban J connectivity index is 1.57. The van der Waals surface area contributed by atoms with Gasteiger partial charge in [-0.1, -0.05) is 24.9 Å². The Hall–Kier alpha value is -1.15. The van der Waals surface area contributed by atoms with Crippen LogP contribution in [0.2, 0.25) is 5.02 Å². The highest BCUT2D eigenvalue weighted by atomic mass is 35.5. The molecule has 1 aromatic carbocycles. The van der Waals surface area contributed by atoms with Crippen LogP contribution >= 0.6 is 11.6 Å². The van der Waals surface area contributed by atoms with Gasteiger partial charge >= 0.3 is 0 Å². The van der Waals surface area contributed by atoms with Crippen molar-refractivity contribution in [1.29, 1.82) is 0 Å². The first-order chi connectivity index (χ1) is 13.9. The molecule has 8 heteroatoms. The molecule has 2 saturated heterocycles. The molecule has 2 aliphatic heterocycles. The summed E-state index contributed by atoms with van der Waals surface area (Å²) in [7, 11) is -3.57. The van der Waals surface area contributed by atoms with E-state index in [1.165, 1.54) is 48.2 Å². The van der Waals surface area contributed by atoms with E-state index in [2.05, 4.69) is 17.1 Å². The molecule has 0 aliphatic carbocycles. The van der Waals surface area contributed by atoms with E-state index in [-0.39, 0.29) is 21.4 Å². The van der Waals surface area contributed by atoms with Crippen molar-refractivity contribution in [3.8, 4) is 0 Å². The van der Waals surface area contributed by atoms with E-state index in [1.54, 1.807) is 0 Å². The molecule has 162 valence electrons. The number of carbonyl (C=O) groups excluding carboxylic acids is 1. The van der Waals surface area contributed by atoms with Crippen molar-refractivity contribution in [3.63, 3.8) is 0 Å². The van der Waals surface area contributed by atoms with Gasteiger partial charge in [0.1, 0.15) is 0 Å². The maximum atomic E-state index is 12.8. The van der Waals surface area contributed by atoms with Crippen LogP contribution in [0.4, 0.5) is 0 Å². The second-order valence-corrected chi connectivity index (χ2v) is 10.3. The summed E-state index contributed by atoms with van der Waals surface area (Å²) in [6.07, 6.45) is 7.59. The first kappa shape index (κ1) is 22.5. The lowest BCUT2D eigenvalue weighted by Gasteiger charge is -2.35. The largest absolute Gasteiger partial charge is 0.352 e. The van der Waals surface area contributed by atoms with Gasteiger partial charge in [-0.25, -0.2) is 8.42 Å². The Morgan fingerprint density at radius 2 is 1.90 bits per heavy atom. The van der Waals surface area contributed by atoms with Crippen LogP contribution < -0.4 is 5.32 Å². The topological polar surface area (TPSA) is 69.7 Å². The summed E-state index contributed by atoms with van der Waals surface area (Å²) in [5, 5.41) is 3.17. The molecule has 1 atom stereocenters. The van der Waals surface area contributed by atoms with Crippen molar-refractivity contribution >= 4 is 27.5 Å². The highest BCUT2D eigenvalue weighted by Crippen LogP contribution is 2.25. The lowest BCUT2D eigenvalue weighted by Crippen LogP contribution is -2.40. The van der Waals surface area contributed by atoms with Gasteiger partial charge in [0.2, 0.25) is 10.0 Å². The minimum atomic E-state index is -3.57. The first-order valence-electron chi connectivity index (χ1n) is 10.8. The average molecular weight is 442 g/mol. The summed E-state index contributed by atoms with van der Waals surface area (Å²) in [5.74, 6) is -0.320. The van der Waals surface area contributed by atoms with Gasteiger partial charge in [-0.15, -0.1) is 0 Å². The van der Waals surface area contributed by atoms with Crippen LogP contribution in [0.5, 0.6) is 0 Å². The Bertz CT molecular complexity index is 809. The maximum Gasteiger partial charge on any atom is 0.252 e.